The molecule has 5 nitrogen and oxygen atoms in total. The molecule has 1 amide bonds. The lowest BCUT2D eigenvalue weighted by molar-refractivity contribution is 0.0973. The van der Waals surface area contributed by atoms with Crippen LogP contribution in [0.2, 0.25) is 0 Å². The summed E-state index contributed by atoms with van der Waals surface area (Å²) in [5, 5.41) is 5.96. The third-order valence-electron chi connectivity index (χ3n) is 4.72. The molecule has 0 atom stereocenters. The molecule has 166 valence electrons. The van der Waals surface area contributed by atoms with Gasteiger partial charge in [0.15, 0.2) is 5.11 Å². The number of anilines is 1. The summed E-state index contributed by atoms with van der Waals surface area (Å²) >= 11 is 5.31. The first-order valence-electron chi connectivity index (χ1n) is 10.8. The van der Waals surface area contributed by atoms with E-state index in [2.05, 4.69) is 17.6 Å². The minimum Gasteiger partial charge on any atom is -0.493 e. The average molecular weight is 449 g/mol. The second-order valence-electron chi connectivity index (χ2n) is 7.26. The van der Waals surface area contributed by atoms with Crippen LogP contribution in [-0.4, -0.2) is 17.6 Å². The number of para-hydroxylation sites is 1. The summed E-state index contributed by atoms with van der Waals surface area (Å²) < 4.78 is 11.6. The third-order valence-corrected chi connectivity index (χ3v) is 4.93. The van der Waals surface area contributed by atoms with Gasteiger partial charge < -0.3 is 14.8 Å². The quantitative estimate of drug-likeness (QED) is 0.296. The fourth-order valence-electron chi connectivity index (χ4n) is 3.02. The van der Waals surface area contributed by atoms with E-state index in [-0.39, 0.29) is 11.0 Å². The molecule has 6 heteroatoms. The maximum Gasteiger partial charge on any atom is 0.261 e. The van der Waals surface area contributed by atoms with Crippen molar-refractivity contribution in [3.8, 4) is 11.5 Å². The molecule has 0 spiro atoms. The highest BCUT2D eigenvalue weighted by atomic mass is 32.1. The number of thiocarbonyl (C=S) groups is 1. The van der Waals surface area contributed by atoms with Crippen molar-refractivity contribution in [2.75, 3.05) is 11.9 Å². The number of amides is 1. The van der Waals surface area contributed by atoms with Gasteiger partial charge in [-0.1, -0.05) is 62.2 Å². The van der Waals surface area contributed by atoms with Crippen LogP contribution in [0.1, 0.15) is 42.1 Å². The Bertz CT molecular complexity index is 1010. The maximum absolute atomic E-state index is 12.7. The normalized spacial score (nSPS) is 10.3. The van der Waals surface area contributed by atoms with Crippen molar-refractivity contribution < 1.29 is 14.3 Å². The highest BCUT2D eigenvalue weighted by molar-refractivity contribution is 7.80. The standard InChI is InChI=1S/C26H28N2O3S/c1-2-3-9-18-30-24-13-8-7-12-23(24)25(29)28-26(32)27-21-14-16-22(17-15-21)31-19-20-10-5-4-6-11-20/h4-8,10-17H,2-3,9,18-19H2,1H3,(H2,27,28,29,32). The molecule has 3 aromatic rings. The SMILES string of the molecule is CCCCCOc1ccccc1C(=O)NC(=S)Nc1ccc(OCc2ccccc2)cc1. The van der Waals surface area contributed by atoms with E-state index in [1.165, 1.54) is 0 Å². The summed E-state index contributed by atoms with van der Waals surface area (Å²) in [6.45, 7) is 3.22. The lowest BCUT2D eigenvalue weighted by Crippen LogP contribution is -2.34. The van der Waals surface area contributed by atoms with Crippen LogP contribution < -0.4 is 20.1 Å². The number of hydrogen-bond acceptors (Lipinski definition) is 4. The summed E-state index contributed by atoms with van der Waals surface area (Å²) in [5.74, 6) is 1.00. The van der Waals surface area contributed by atoms with Gasteiger partial charge in [-0.25, -0.2) is 0 Å². The zero-order valence-electron chi connectivity index (χ0n) is 18.2. The average Bonchev–Trinajstić information content (AvgIpc) is 2.82. The van der Waals surface area contributed by atoms with Crippen molar-refractivity contribution >= 4 is 28.9 Å². The molecule has 0 saturated carbocycles. The fourth-order valence-corrected chi connectivity index (χ4v) is 3.23. The highest BCUT2D eigenvalue weighted by Gasteiger charge is 2.13. The minimum absolute atomic E-state index is 0.216. The zero-order chi connectivity index (χ0) is 22.6. The van der Waals surface area contributed by atoms with Crippen LogP contribution in [0.15, 0.2) is 78.9 Å². The first-order valence-corrected chi connectivity index (χ1v) is 11.2. The number of carbonyl (C=O) groups excluding carboxylic acids is 1. The number of unbranched alkanes of at least 4 members (excludes halogenated alkanes) is 2. The van der Waals surface area contributed by atoms with E-state index in [0.29, 0.717) is 24.5 Å². The number of carbonyl (C=O) groups is 1. The smallest absolute Gasteiger partial charge is 0.261 e. The lowest BCUT2D eigenvalue weighted by Gasteiger charge is -2.13. The van der Waals surface area contributed by atoms with E-state index in [1.54, 1.807) is 18.2 Å². The molecule has 0 aliphatic heterocycles. The van der Waals surface area contributed by atoms with Crippen LogP contribution in [0.3, 0.4) is 0 Å². The van der Waals surface area contributed by atoms with Crippen LogP contribution in [-0.2, 0) is 6.61 Å². The van der Waals surface area contributed by atoms with Gasteiger partial charge in [-0.2, -0.15) is 0 Å². The van der Waals surface area contributed by atoms with Crippen molar-refractivity contribution in [1.29, 1.82) is 0 Å². The van der Waals surface area contributed by atoms with E-state index < -0.39 is 0 Å². The summed E-state index contributed by atoms with van der Waals surface area (Å²) in [5.41, 5.74) is 2.32. The Labute approximate surface area is 194 Å². The van der Waals surface area contributed by atoms with Crippen LogP contribution >= 0.6 is 12.2 Å². The number of nitrogens with one attached hydrogen (secondary N) is 2. The van der Waals surface area contributed by atoms with Gasteiger partial charge >= 0.3 is 0 Å². The predicted molar refractivity (Wildman–Crippen MR) is 132 cm³/mol. The van der Waals surface area contributed by atoms with E-state index in [4.69, 9.17) is 21.7 Å². The second kappa shape index (κ2) is 12.5. The molecular weight excluding hydrogens is 420 g/mol. The first-order chi connectivity index (χ1) is 15.7. The van der Waals surface area contributed by atoms with Gasteiger partial charge in [0.05, 0.1) is 12.2 Å². The van der Waals surface area contributed by atoms with Crippen molar-refractivity contribution in [2.24, 2.45) is 0 Å². The van der Waals surface area contributed by atoms with Crippen molar-refractivity contribution in [2.45, 2.75) is 32.8 Å². The molecule has 0 aromatic heterocycles. The Kier molecular flexibility index (Phi) is 9.07. The maximum atomic E-state index is 12.7. The molecule has 0 bridgehead atoms. The number of rotatable bonds is 10. The fraction of sp³-hybridized carbons (Fsp3) is 0.231. The van der Waals surface area contributed by atoms with Gasteiger partial charge in [-0.15, -0.1) is 0 Å². The van der Waals surface area contributed by atoms with Crippen molar-refractivity contribution in [1.82, 2.24) is 5.32 Å². The van der Waals surface area contributed by atoms with E-state index >= 15 is 0 Å². The van der Waals surface area contributed by atoms with Gasteiger partial charge in [0.1, 0.15) is 18.1 Å². The Morgan fingerprint density at radius 3 is 2.34 bits per heavy atom. The zero-order valence-corrected chi connectivity index (χ0v) is 19.0. The molecule has 3 rings (SSSR count). The Balaban J connectivity index is 1.50. The summed E-state index contributed by atoms with van der Waals surface area (Å²) in [7, 11) is 0. The molecule has 0 saturated heterocycles. The lowest BCUT2D eigenvalue weighted by atomic mass is 10.2. The summed E-state index contributed by atoms with van der Waals surface area (Å²) in [6, 6.07) is 24.6. The molecule has 0 aliphatic carbocycles. The molecule has 0 fully saturated rings. The molecule has 2 N–H and O–H groups in total. The Morgan fingerprint density at radius 1 is 0.875 bits per heavy atom. The van der Waals surface area contributed by atoms with E-state index in [1.807, 2.05) is 60.7 Å². The van der Waals surface area contributed by atoms with Crippen LogP contribution in [0.5, 0.6) is 11.5 Å². The van der Waals surface area contributed by atoms with Gasteiger partial charge in [0, 0.05) is 5.69 Å². The highest BCUT2D eigenvalue weighted by Crippen LogP contribution is 2.19. The molecule has 0 unspecified atom stereocenters. The largest absolute Gasteiger partial charge is 0.493 e. The topological polar surface area (TPSA) is 59.6 Å². The summed E-state index contributed by atoms with van der Waals surface area (Å²) in [4.78, 5) is 12.7. The molecular formula is C26H28N2O3S. The van der Waals surface area contributed by atoms with E-state index in [9.17, 15) is 4.79 Å². The first kappa shape index (κ1) is 23.3. The van der Waals surface area contributed by atoms with E-state index in [0.717, 1.165) is 36.3 Å². The Morgan fingerprint density at radius 2 is 1.59 bits per heavy atom. The van der Waals surface area contributed by atoms with Crippen LogP contribution in [0.4, 0.5) is 5.69 Å². The van der Waals surface area contributed by atoms with Crippen LogP contribution in [0, 0.1) is 0 Å². The molecule has 32 heavy (non-hydrogen) atoms. The number of hydrogen-bond donors (Lipinski definition) is 2. The minimum atomic E-state index is -0.309. The van der Waals surface area contributed by atoms with Gasteiger partial charge in [0.25, 0.3) is 5.91 Å². The molecule has 3 aromatic carbocycles. The van der Waals surface area contributed by atoms with Crippen molar-refractivity contribution in [3.63, 3.8) is 0 Å². The molecule has 0 heterocycles. The van der Waals surface area contributed by atoms with Gasteiger partial charge in [-0.3, -0.25) is 10.1 Å². The third kappa shape index (κ3) is 7.39. The number of benzene rings is 3. The molecule has 0 aliphatic rings. The molecule has 0 radical (unpaired) electrons. The Hall–Kier alpha value is -3.38. The number of ether oxygens (including phenoxy) is 2. The van der Waals surface area contributed by atoms with Crippen LogP contribution in [0.25, 0.3) is 0 Å². The predicted octanol–water partition coefficient (Wildman–Crippen LogP) is 5.96. The van der Waals surface area contributed by atoms with Gasteiger partial charge in [0.2, 0.25) is 0 Å². The van der Waals surface area contributed by atoms with Crippen molar-refractivity contribution in [3.05, 3.63) is 90.0 Å². The summed E-state index contributed by atoms with van der Waals surface area (Å²) in [6.07, 6.45) is 3.17. The van der Waals surface area contributed by atoms with Gasteiger partial charge in [-0.05, 0) is 60.6 Å². The second-order valence-corrected chi connectivity index (χ2v) is 7.67. The monoisotopic (exact) mass is 448 g/mol.